The molecule has 0 unspecified atom stereocenters. The molecule has 0 aliphatic rings. The fraction of sp³-hybridized carbons (Fsp3) is 0.111. The van der Waals surface area contributed by atoms with E-state index in [1.165, 1.54) is 0 Å². The molecule has 1 heterocycles. The molecular weight excluding hydrogens is 196 g/mol. The predicted molar refractivity (Wildman–Crippen MR) is 54.1 cm³/mol. The number of anilines is 2. The molecule has 78 valence electrons. The molecule has 15 heavy (non-hydrogen) atoms. The Morgan fingerprint density at radius 2 is 2.07 bits per heavy atom. The average Bonchev–Trinajstić information content (AvgIpc) is 2.64. The van der Waals surface area contributed by atoms with Crippen molar-refractivity contribution in [2.75, 3.05) is 11.1 Å². The lowest BCUT2D eigenvalue weighted by Crippen LogP contribution is -1.99. The third-order valence-corrected chi connectivity index (χ3v) is 1.79. The van der Waals surface area contributed by atoms with E-state index in [9.17, 15) is 0 Å². The highest BCUT2D eigenvalue weighted by Gasteiger charge is 2.01. The summed E-state index contributed by atoms with van der Waals surface area (Å²) in [6.45, 7) is 0.398. The topological polar surface area (TPSA) is 97.2 Å². The number of benzene rings is 1. The summed E-state index contributed by atoms with van der Waals surface area (Å²) in [6.07, 6.45) is 0. The first-order valence-electron chi connectivity index (χ1n) is 4.35. The van der Waals surface area contributed by atoms with Gasteiger partial charge in [0.15, 0.2) is 0 Å². The first kappa shape index (κ1) is 9.32. The Bertz CT molecular complexity index is 438. The molecule has 0 atom stereocenters. The van der Waals surface area contributed by atoms with Crippen LogP contribution >= 0.6 is 0 Å². The minimum atomic E-state index is 0.123. The van der Waals surface area contributed by atoms with E-state index in [0.29, 0.717) is 12.4 Å². The maximum Gasteiger partial charge on any atom is 0.260 e. The van der Waals surface area contributed by atoms with Gasteiger partial charge in [0.1, 0.15) is 5.75 Å². The van der Waals surface area contributed by atoms with Crippen LogP contribution in [0.2, 0.25) is 0 Å². The van der Waals surface area contributed by atoms with Crippen molar-refractivity contribution in [1.29, 1.82) is 0 Å². The molecule has 0 amide bonds. The molecule has 1 aromatic carbocycles. The van der Waals surface area contributed by atoms with Crippen molar-refractivity contribution >= 4 is 11.6 Å². The van der Waals surface area contributed by atoms with E-state index in [1.807, 2.05) is 0 Å². The van der Waals surface area contributed by atoms with Gasteiger partial charge in [-0.25, -0.2) is 0 Å². The van der Waals surface area contributed by atoms with Gasteiger partial charge >= 0.3 is 0 Å². The summed E-state index contributed by atoms with van der Waals surface area (Å²) in [5.74, 6) is 0.765. The summed E-state index contributed by atoms with van der Waals surface area (Å²) in [4.78, 5) is 3.83. The van der Waals surface area contributed by atoms with Crippen molar-refractivity contribution in [1.82, 2.24) is 10.1 Å². The monoisotopic (exact) mass is 206 g/mol. The average molecular weight is 206 g/mol. The van der Waals surface area contributed by atoms with E-state index >= 15 is 0 Å². The van der Waals surface area contributed by atoms with Crippen LogP contribution in [-0.2, 0) is 6.54 Å². The second kappa shape index (κ2) is 3.87. The minimum absolute atomic E-state index is 0.123. The van der Waals surface area contributed by atoms with Crippen LogP contribution in [0.1, 0.15) is 5.89 Å². The van der Waals surface area contributed by atoms with Gasteiger partial charge in [0.2, 0.25) is 5.89 Å². The number of hydrogen-bond donors (Lipinski definition) is 3. The number of hydrogen-bond acceptors (Lipinski definition) is 6. The zero-order valence-corrected chi connectivity index (χ0v) is 7.84. The standard InChI is InChI=1S/C9H10N4O2/c10-9-12-8(15-13-9)5-11-6-1-3-7(14)4-2-6/h1-4,11,14H,5H2,(H2,10,13). The summed E-state index contributed by atoms with van der Waals surface area (Å²) in [5, 5.41) is 15.6. The molecule has 2 rings (SSSR count). The molecule has 0 saturated carbocycles. The molecule has 0 bridgehead atoms. The van der Waals surface area contributed by atoms with Crippen LogP contribution in [0, 0.1) is 0 Å². The molecule has 6 nitrogen and oxygen atoms in total. The Kier molecular flexibility index (Phi) is 2.40. The van der Waals surface area contributed by atoms with Gasteiger partial charge in [-0.1, -0.05) is 0 Å². The molecule has 0 aliphatic heterocycles. The maximum atomic E-state index is 9.06. The van der Waals surface area contributed by atoms with Gasteiger partial charge in [-0.15, -0.1) is 0 Å². The SMILES string of the molecule is Nc1noc(CNc2ccc(O)cc2)n1. The van der Waals surface area contributed by atoms with Crippen molar-refractivity contribution in [2.45, 2.75) is 6.54 Å². The van der Waals surface area contributed by atoms with E-state index in [0.717, 1.165) is 5.69 Å². The highest BCUT2D eigenvalue weighted by Crippen LogP contribution is 2.14. The number of phenolic OH excluding ortho intramolecular Hbond substituents is 1. The molecular formula is C9H10N4O2. The zero-order valence-electron chi connectivity index (χ0n) is 7.84. The molecule has 4 N–H and O–H groups in total. The van der Waals surface area contributed by atoms with E-state index in [2.05, 4.69) is 15.5 Å². The van der Waals surface area contributed by atoms with Crippen LogP contribution in [0.4, 0.5) is 11.6 Å². The van der Waals surface area contributed by atoms with Gasteiger partial charge in [-0.3, -0.25) is 0 Å². The Morgan fingerprint density at radius 1 is 1.33 bits per heavy atom. The van der Waals surface area contributed by atoms with E-state index in [-0.39, 0.29) is 11.7 Å². The zero-order chi connectivity index (χ0) is 10.7. The van der Waals surface area contributed by atoms with Crippen LogP contribution < -0.4 is 11.1 Å². The number of nitrogens with zero attached hydrogens (tertiary/aromatic N) is 2. The Hall–Kier alpha value is -2.24. The molecule has 0 radical (unpaired) electrons. The molecule has 1 aromatic heterocycles. The second-order valence-electron chi connectivity index (χ2n) is 2.95. The highest BCUT2D eigenvalue weighted by atomic mass is 16.5. The molecule has 0 spiro atoms. The van der Waals surface area contributed by atoms with E-state index in [1.54, 1.807) is 24.3 Å². The molecule has 0 saturated heterocycles. The fourth-order valence-electron chi connectivity index (χ4n) is 1.10. The van der Waals surface area contributed by atoms with Crippen LogP contribution in [0.5, 0.6) is 5.75 Å². The second-order valence-corrected chi connectivity index (χ2v) is 2.95. The predicted octanol–water partition coefficient (Wildman–Crippen LogP) is 0.969. The molecule has 6 heteroatoms. The lowest BCUT2D eigenvalue weighted by atomic mass is 10.3. The first-order chi connectivity index (χ1) is 7.24. The molecule has 0 fully saturated rings. The van der Waals surface area contributed by atoms with Gasteiger partial charge in [-0.05, 0) is 29.4 Å². The van der Waals surface area contributed by atoms with Crippen molar-refractivity contribution in [3.05, 3.63) is 30.2 Å². The Morgan fingerprint density at radius 3 is 2.67 bits per heavy atom. The third kappa shape index (κ3) is 2.37. The number of aromatic hydroxyl groups is 1. The summed E-state index contributed by atoms with van der Waals surface area (Å²) in [5.41, 5.74) is 6.14. The third-order valence-electron chi connectivity index (χ3n) is 1.79. The number of aromatic nitrogens is 2. The van der Waals surface area contributed by atoms with Gasteiger partial charge < -0.3 is 20.7 Å². The number of phenols is 1. The number of nitrogens with one attached hydrogen (secondary N) is 1. The van der Waals surface area contributed by atoms with Crippen molar-refractivity contribution in [2.24, 2.45) is 0 Å². The summed E-state index contributed by atoms with van der Waals surface area (Å²) in [7, 11) is 0. The van der Waals surface area contributed by atoms with Gasteiger partial charge in [0.05, 0.1) is 6.54 Å². The Labute approximate surface area is 85.7 Å². The van der Waals surface area contributed by atoms with Crippen LogP contribution in [-0.4, -0.2) is 15.2 Å². The quantitative estimate of drug-likeness (QED) is 0.647. The summed E-state index contributed by atoms with van der Waals surface area (Å²) in [6, 6.07) is 6.67. The van der Waals surface area contributed by atoms with Crippen LogP contribution in [0.15, 0.2) is 28.8 Å². The minimum Gasteiger partial charge on any atom is -0.508 e. The van der Waals surface area contributed by atoms with E-state index < -0.39 is 0 Å². The number of nitrogen functional groups attached to an aromatic ring is 1. The molecule has 2 aromatic rings. The largest absolute Gasteiger partial charge is 0.508 e. The Balaban J connectivity index is 1.96. The van der Waals surface area contributed by atoms with Crippen molar-refractivity contribution in [3.8, 4) is 5.75 Å². The van der Waals surface area contributed by atoms with Crippen molar-refractivity contribution < 1.29 is 9.63 Å². The number of rotatable bonds is 3. The highest BCUT2D eigenvalue weighted by molar-refractivity contribution is 5.45. The van der Waals surface area contributed by atoms with Crippen LogP contribution in [0.3, 0.4) is 0 Å². The fourth-order valence-corrected chi connectivity index (χ4v) is 1.10. The normalized spacial score (nSPS) is 10.1. The summed E-state index contributed by atoms with van der Waals surface area (Å²) < 4.78 is 4.81. The van der Waals surface area contributed by atoms with Gasteiger partial charge in [0, 0.05) is 5.69 Å². The van der Waals surface area contributed by atoms with Gasteiger partial charge in [-0.2, -0.15) is 4.98 Å². The lowest BCUT2D eigenvalue weighted by molar-refractivity contribution is 0.384. The van der Waals surface area contributed by atoms with Gasteiger partial charge in [0.25, 0.3) is 5.95 Å². The maximum absolute atomic E-state index is 9.06. The van der Waals surface area contributed by atoms with E-state index in [4.69, 9.17) is 15.4 Å². The number of nitrogens with two attached hydrogens (primary N) is 1. The summed E-state index contributed by atoms with van der Waals surface area (Å²) >= 11 is 0. The molecule has 0 aliphatic carbocycles. The smallest absolute Gasteiger partial charge is 0.260 e. The van der Waals surface area contributed by atoms with Crippen LogP contribution in [0.25, 0.3) is 0 Å². The first-order valence-corrected chi connectivity index (χ1v) is 4.35. The lowest BCUT2D eigenvalue weighted by Gasteiger charge is -2.02. The van der Waals surface area contributed by atoms with Crippen molar-refractivity contribution in [3.63, 3.8) is 0 Å².